The Balaban J connectivity index is 1.67. The summed E-state index contributed by atoms with van der Waals surface area (Å²) < 4.78 is 1.83. The van der Waals surface area contributed by atoms with Crippen molar-refractivity contribution < 1.29 is 4.79 Å². The third-order valence-electron chi connectivity index (χ3n) is 5.55. The molecule has 3 heterocycles. The Kier molecular flexibility index (Phi) is 4.33. The van der Waals surface area contributed by atoms with Crippen LogP contribution in [0.5, 0.6) is 0 Å². The van der Waals surface area contributed by atoms with Gasteiger partial charge in [0.05, 0.1) is 11.1 Å². The molecular formula is C19H24N4OS. The lowest BCUT2D eigenvalue weighted by molar-refractivity contribution is -0.123. The highest BCUT2D eigenvalue weighted by Crippen LogP contribution is 2.39. The number of fused-ring (bicyclic) bond motifs is 1. The molecule has 25 heavy (non-hydrogen) atoms. The summed E-state index contributed by atoms with van der Waals surface area (Å²) in [7, 11) is 4.04. The fourth-order valence-electron chi connectivity index (χ4n) is 3.93. The zero-order valence-electron chi connectivity index (χ0n) is 14.8. The average Bonchev–Trinajstić information content (AvgIpc) is 3.19. The molecule has 2 aromatic rings. The first-order chi connectivity index (χ1) is 12.1. The molecule has 0 spiro atoms. The zero-order valence-corrected chi connectivity index (χ0v) is 15.6. The SMILES string of the molecule is CN1CCC(C(=O)Nc2c3c(nn2C)CSC3)(c2ccccc2)CC1. The third-order valence-corrected chi connectivity index (χ3v) is 6.52. The summed E-state index contributed by atoms with van der Waals surface area (Å²) in [5.41, 5.74) is 2.96. The van der Waals surface area contributed by atoms with Gasteiger partial charge in [0.1, 0.15) is 5.82 Å². The number of thioether (sulfide) groups is 1. The van der Waals surface area contributed by atoms with Crippen molar-refractivity contribution in [1.82, 2.24) is 14.7 Å². The first kappa shape index (κ1) is 16.7. The number of rotatable bonds is 3. The van der Waals surface area contributed by atoms with Gasteiger partial charge in [0.2, 0.25) is 5.91 Å². The number of anilines is 1. The van der Waals surface area contributed by atoms with Gasteiger partial charge in [0, 0.05) is 24.1 Å². The lowest BCUT2D eigenvalue weighted by Crippen LogP contribution is -2.48. The van der Waals surface area contributed by atoms with Gasteiger partial charge in [-0.15, -0.1) is 0 Å². The quantitative estimate of drug-likeness (QED) is 0.919. The molecule has 0 radical (unpaired) electrons. The number of amides is 1. The number of carbonyl (C=O) groups excluding carboxylic acids is 1. The number of hydrogen-bond acceptors (Lipinski definition) is 4. The van der Waals surface area contributed by atoms with Crippen molar-refractivity contribution in [2.24, 2.45) is 7.05 Å². The van der Waals surface area contributed by atoms with E-state index < -0.39 is 5.41 Å². The lowest BCUT2D eigenvalue weighted by atomic mass is 9.72. The van der Waals surface area contributed by atoms with Crippen molar-refractivity contribution in [3.05, 3.63) is 47.2 Å². The van der Waals surface area contributed by atoms with Crippen LogP contribution in [0, 0.1) is 0 Å². The summed E-state index contributed by atoms with van der Waals surface area (Å²) in [5.74, 6) is 2.85. The number of aromatic nitrogens is 2. The smallest absolute Gasteiger partial charge is 0.236 e. The first-order valence-corrected chi connectivity index (χ1v) is 9.94. The highest BCUT2D eigenvalue weighted by Gasteiger charge is 2.43. The molecule has 1 N–H and O–H groups in total. The van der Waals surface area contributed by atoms with Crippen LogP contribution in [0.1, 0.15) is 29.7 Å². The van der Waals surface area contributed by atoms with Gasteiger partial charge in [-0.05, 0) is 38.5 Å². The largest absolute Gasteiger partial charge is 0.310 e. The van der Waals surface area contributed by atoms with Crippen molar-refractivity contribution in [1.29, 1.82) is 0 Å². The van der Waals surface area contributed by atoms with Crippen LogP contribution in [0.2, 0.25) is 0 Å². The third kappa shape index (κ3) is 2.87. The first-order valence-electron chi connectivity index (χ1n) is 8.78. The Morgan fingerprint density at radius 1 is 1.16 bits per heavy atom. The topological polar surface area (TPSA) is 50.2 Å². The van der Waals surface area contributed by atoms with Gasteiger partial charge < -0.3 is 10.2 Å². The molecule has 2 aliphatic rings. The summed E-state index contributed by atoms with van der Waals surface area (Å²) in [4.78, 5) is 15.8. The summed E-state index contributed by atoms with van der Waals surface area (Å²) >= 11 is 1.86. The van der Waals surface area contributed by atoms with Crippen molar-refractivity contribution in [2.45, 2.75) is 29.8 Å². The van der Waals surface area contributed by atoms with Crippen molar-refractivity contribution in [3.63, 3.8) is 0 Å². The van der Waals surface area contributed by atoms with Crippen LogP contribution in [0.4, 0.5) is 5.82 Å². The van der Waals surface area contributed by atoms with Gasteiger partial charge in [-0.1, -0.05) is 30.3 Å². The van der Waals surface area contributed by atoms with Gasteiger partial charge in [0.15, 0.2) is 0 Å². The molecule has 1 aromatic carbocycles. The fourth-order valence-corrected chi connectivity index (χ4v) is 4.96. The van der Waals surface area contributed by atoms with Crippen LogP contribution in [-0.2, 0) is 28.8 Å². The van der Waals surface area contributed by atoms with Crippen molar-refractivity contribution in [3.8, 4) is 0 Å². The molecule has 4 rings (SSSR count). The molecule has 6 heteroatoms. The molecule has 0 atom stereocenters. The van der Waals surface area contributed by atoms with E-state index in [9.17, 15) is 4.79 Å². The minimum absolute atomic E-state index is 0.106. The summed E-state index contributed by atoms with van der Waals surface area (Å²) in [6.07, 6.45) is 1.68. The number of likely N-dealkylation sites (tertiary alicyclic amines) is 1. The molecular weight excluding hydrogens is 332 g/mol. The number of nitrogens with zero attached hydrogens (tertiary/aromatic N) is 3. The molecule has 0 bridgehead atoms. The second-order valence-electron chi connectivity index (χ2n) is 7.10. The Bertz CT molecular complexity index is 778. The number of benzene rings is 1. The molecule has 5 nitrogen and oxygen atoms in total. The number of aryl methyl sites for hydroxylation is 1. The van der Waals surface area contributed by atoms with E-state index in [2.05, 4.69) is 34.5 Å². The molecule has 0 unspecified atom stereocenters. The van der Waals surface area contributed by atoms with E-state index in [0.29, 0.717) is 0 Å². The second-order valence-corrected chi connectivity index (χ2v) is 8.08. The fraction of sp³-hybridized carbons (Fsp3) is 0.474. The number of nitrogens with one attached hydrogen (secondary N) is 1. The van der Waals surface area contributed by atoms with Gasteiger partial charge in [-0.2, -0.15) is 16.9 Å². The minimum Gasteiger partial charge on any atom is -0.310 e. The predicted octanol–water partition coefficient (Wildman–Crippen LogP) is 2.77. The summed E-state index contributed by atoms with van der Waals surface area (Å²) in [6, 6.07) is 10.3. The van der Waals surface area contributed by atoms with E-state index in [-0.39, 0.29) is 5.91 Å². The van der Waals surface area contributed by atoms with Crippen LogP contribution in [0.25, 0.3) is 0 Å². The second kappa shape index (κ2) is 6.50. The van der Waals surface area contributed by atoms with Crippen LogP contribution >= 0.6 is 11.8 Å². The maximum absolute atomic E-state index is 13.5. The molecule has 1 amide bonds. The van der Waals surface area contributed by atoms with Crippen LogP contribution in [0.3, 0.4) is 0 Å². The van der Waals surface area contributed by atoms with Gasteiger partial charge in [-0.3, -0.25) is 9.48 Å². The van der Waals surface area contributed by atoms with E-state index in [1.165, 1.54) is 5.56 Å². The molecule has 0 aliphatic carbocycles. The highest BCUT2D eigenvalue weighted by molar-refractivity contribution is 7.98. The Morgan fingerprint density at radius 3 is 2.60 bits per heavy atom. The molecule has 1 fully saturated rings. The van der Waals surface area contributed by atoms with Crippen LogP contribution in [-0.4, -0.2) is 40.7 Å². The Morgan fingerprint density at radius 2 is 1.88 bits per heavy atom. The molecule has 1 saturated heterocycles. The highest BCUT2D eigenvalue weighted by atomic mass is 32.2. The van der Waals surface area contributed by atoms with Crippen molar-refractivity contribution >= 4 is 23.5 Å². The van der Waals surface area contributed by atoms with Gasteiger partial charge in [0.25, 0.3) is 0 Å². The Labute approximate surface area is 152 Å². The average molecular weight is 356 g/mol. The van der Waals surface area contributed by atoms with E-state index in [0.717, 1.165) is 54.5 Å². The standard InChI is InChI=1S/C19H24N4OS/c1-22-10-8-19(9-11-22,14-6-4-3-5-7-14)18(24)20-17-15-12-25-13-16(15)21-23(17)2/h3-7H,8-13H2,1-2H3,(H,20,24). The monoisotopic (exact) mass is 356 g/mol. The van der Waals surface area contributed by atoms with E-state index in [1.54, 1.807) is 0 Å². The number of piperidine rings is 1. The Hall–Kier alpha value is -1.79. The number of hydrogen-bond donors (Lipinski definition) is 1. The molecule has 2 aliphatic heterocycles. The summed E-state index contributed by atoms with van der Waals surface area (Å²) in [6.45, 7) is 1.86. The molecule has 0 saturated carbocycles. The maximum atomic E-state index is 13.5. The predicted molar refractivity (Wildman–Crippen MR) is 102 cm³/mol. The molecule has 1 aromatic heterocycles. The normalized spacial score (nSPS) is 19.6. The van der Waals surface area contributed by atoms with Crippen LogP contribution in [0.15, 0.2) is 30.3 Å². The van der Waals surface area contributed by atoms with Gasteiger partial charge in [-0.25, -0.2) is 0 Å². The maximum Gasteiger partial charge on any atom is 0.236 e. The molecule has 132 valence electrons. The van der Waals surface area contributed by atoms with E-state index in [4.69, 9.17) is 0 Å². The lowest BCUT2D eigenvalue weighted by Gasteiger charge is -2.39. The zero-order chi connectivity index (χ0) is 17.4. The van der Waals surface area contributed by atoms with E-state index in [1.807, 2.05) is 41.7 Å². The van der Waals surface area contributed by atoms with Gasteiger partial charge >= 0.3 is 0 Å². The number of carbonyl (C=O) groups is 1. The van der Waals surface area contributed by atoms with Crippen molar-refractivity contribution in [2.75, 3.05) is 25.5 Å². The van der Waals surface area contributed by atoms with Crippen LogP contribution < -0.4 is 5.32 Å². The summed E-state index contributed by atoms with van der Waals surface area (Å²) in [5, 5.41) is 7.81. The van der Waals surface area contributed by atoms with E-state index >= 15 is 0 Å². The minimum atomic E-state index is -0.462.